The van der Waals surface area contributed by atoms with Gasteiger partial charge in [0.2, 0.25) is 27.7 Å². The molecule has 5 rings (SSSR count). The average Bonchev–Trinajstić information content (AvgIpc) is 3.99. The van der Waals surface area contributed by atoms with Gasteiger partial charge in [-0.3, -0.25) is 23.9 Å². The minimum atomic E-state index is -3.85. The Kier molecular flexibility index (Phi) is 10.8. The molecular weight excluding hydrogens is 662 g/mol. The number of aryl methyl sites for hydroxylation is 1. The lowest BCUT2D eigenvalue weighted by atomic mass is 9.90. The van der Waals surface area contributed by atoms with Gasteiger partial charge in [-0.25, -0.2) is 13.4 Å². The number of benzene rings is 1. The Morgan fingerprint density at radius 1 is 1.20 bits per heavy atom. The lowest BCUT2D eigenvalue weighted by molar-refractivity contribution is -0.162. The number of esters is 1. The molecule has 13 heteroatoms. The molecule has 1 saturated heterocycles. The standard InChI is InChI=1S/C37H49N3O9S/c1-8-25-19-37(25,35(44)39-50(45,46)27-11-12-27)20-31(41)30-17-26(48-33-28-13-10-22(3)16-24(28)14-15-38-33)21-40(30)34(43)29(23(4)47-7)18-32(42)49-36(5,6)9-2/h8,10,13-16,23,25-27,29-30H,1,9,11-12,17-21H2,2-7H3,(H,39,44)/t23-,25+,26+,29-,30-,37+/m0/s1. The number of likely N-dealkylation sites (tertiary alicyclic amines) is 1. The Morgan fingerprint density at radius 2 is 1.92 bits per heavy atom. The first-order chi connectivity index (χ1) is 23.5. The van der Waals surface area contributed by atoms with Gasteiger partial charge in [0.05, 0.1) is 41.7 Å². The van der Waals surface area contributed by atoms with Gasteiger partial charge in [0.1, 0.15) is 11.7 Å². The first-order valence-corrected chi connectivity index (χ1v) is 18.9. The van der Waals surface area contributed by atoms with Gasteiger partial charge < -0.3 is 19.1 Å². The van der Waals surface area contributed by atoms with Gasteiger partial charge in [0.15, 0.2) is 5.78 Å². The third-order valence-electron chi connectivity index (χ3n) is 10.5. The summed E-state index contributed by atoms with van der Waals surface area (Å²) in [6, 6.07) is 6.73. The van der Waals surface area contributed by atoms with E-state index in [2.05, 4.69) is 16.3 Å². The van der Waals surface area contributed by atoms with Gasteiger partial charge in [-0.2, -0.15) is 0 Å². The van der Waals surface area contributed by atoms with Crippen molar-refractivity contribution in [3.8, 4) is 5.88 Å². The van der Waals surface area contributed by atoms with E-state index in [1.165, 1.54) is 12.0 Å². The Bertz CT molecular complexity index is 1770. The number of hydrogen-bond donors (Lipinski definition) is 1. The highest BCUT2D eigenvalue weighted by atomic mass is 32.2. The quantitative estimate of drug-likeness (QED) is 0.195. The van der Waals surface area contributed by atoms with Crippen LogP contribution in [-0.2, 0) is 38.7 Å². The molecule has 1 N–H and O–H groups in total. The maximum absolute atomic E-state index is 14.4. The van der Waals surface area contributed by atoms with E-state index in [0.717, 1.165) is 16.3 Å². The summed E-state index contributed by atoms with van der Waals surface area (Å²) in [7, 11) is -2.41. The van der Waals surface area contributed by atoms with E-state index in [1.807, 2.05) is 38.1 Å². The van der Waals surface area contributed by atoms with Crippen molar-refractivity contribution in [3.63, 3.8) is 0 Å². The number of ketones is 1. The molecule has 6 atom stereocenters. The maximum Gasteiger partial charge on any atom is 0.307 e. The summed E-state index contributed by atoms with van der Waals surface area (Å²) in [6.07, 6.45) is 3.20. The number of hydrogen-bond acceptors (Lipinski definition) is 10. The molecule has 272 valence electrons. The molecular formula is C37H49N3O9S. The van der Waals surface area contributed by atoms with Crippen LogP contribution in [0, 0.1) is 24.2 Å². The van der Waals surface area contributed by atoms with E-state index >= 15 is 0 Å². The second kappa shape index (κ2) is 14.4. The minimum Gasteiger partial charge on any atom is -0.472 e. The molecule has 0 radical (unpaired) electrons. The lowest BCUT2D eigenvalue weighted by Crippen LogP contribution is -2.48. The second-order valence-electron chi connectivity index (χ2n) is 14.7. The molecule has 0 spiro atoms. The van der Waals surface area contributed by atoms with Crippen molar-refractivity contribution in [2.75, 3.05) is 13.7 Å². The van der Waals surface area contributed by atoms with E-state index in [4.69, 9.17) is 14.2 Å². The van der Waals surface area contributed by atoms with Crippen LogP contribution in [0.25, 0.3) is 10.8 Å². The monoisotopic (exact) mass is 711 g/mol. The number of carbonyl (C=O) groups excluding carboxylic acids is 4. The Labute approximate surface area is 294 Å². The van der Waals surface area contributed by atoms with E-state index in [-0.39, 0.29) is 32.2 Å². The highest BCUT2D eigenvalue weighted by molar-refractivity contribution is 7.90. The van der Waals surface area contributed by atoms with E-state index in [0.29, 0.717) is 25.1 Å². The topological polar surface area (TPSA) is 158 Å². The van der Waals surface area contributed by atoms with Gasteiger partial charge >= 0.3 is 5.97 Å². The SMILES string of the molecule is C=C[C@@H]1C[C@]1(CC(=O)[C@@H]1C[C@@H](Oc2nccc3cc(C)ccc23)CN1C(=O)[C@@H](CC(=O)OC(C)(C)CC)[C@H](C)OC)C(=O)NS(=O)(=O)C1CC1. The number of rotatable bonds is 16. The first kappa shape index (κ1) is 37.4. The number of carbonyl (C=O) groups is 4. The third-order valence-corrected chi connectivity index (χ3v) is 12.3. The fraction of sp³-hybridized carbons (Fsp3) is 0.595. The molecule has 2 amide bonds. The van der Waals surface area contributed by atoms with Gasteiger partial charge in [0, 0.05) is 31.5 Å². The van der Waals surface area contributed by atoms with Crippen molar-refractivity contribution in [1.82, 2.24) is 14.6 Å². The van der Waals surface area contributed by atoms with Crippen LogP contribution in [0.1, 0.15) is 78.2 Å². The summed E-state index contributed by atoms with van der Waals surface area (Å²) in [6.45, 7) is 13.0. The molecule has 3 aliphatic rings. The number of pyridine rings is 1. The summed E-state index contributed by atoms with van der Waals surface area (Å²) in [5.41, 5.74) is -0.958. The molecule has 2 aliphatic carbocycles. The van der Waals surface area contributed by atoms with Crippen LogP contribution >= 0.6 is 0 Å². The number of amides is 2. The summed E-state index contributed by atoms with van der Waals surface area (Å²) >= 11 is 0. The molecule has 2 saturated carbocycles. The number of ether oxygens (including phenoxy) is 3. The van der Waals surface area contributed by atoms with E-state index < -0.39 is 79.9 Å². The normalized spacial score (nSPS) is 24.7. The van der Waals surface area contributed by atoms with Crippen molar-refractivity contribution in [3.05, 3.63) is 48.7 Å². The predicted octanol–water partition coefficient (Wildman–Crippen LogP) is 4.42. The number of fused-ring (bicyclic) bond motifs is 1. The van der Waals surface area contributed by atoms with Crippen LogP contribution in [0.3, 0.4) is 0 Å². The summed E-state index contributed by atoms with van der Waals surface area (Å²) < 4.78 is 45.2. The van der Waals surface area contributed by atoms with Crippen molar-refractivity contribution in [2.45, 2.75) is 109 Å². The first-order valence-electron chi connectivity index (χ1n) is 17.3. The number of aromatic nitrogens is 1. The fourth-order valence-electron chi connectivity index (χ4n) is 6.69. The third kappa shape index (κ3) is 8.04. The summed E-state index contributed by atoms with van der Waals surface area (Å²) in [5.74, 6) is -3.21. The summed E-state index contributed by atoms with van der Waals surface area (Å²) in [5, 5.41) is 1.09. The molecule has 2 heterocycles. The number of sulfonamides is 1. The molecule has 3 fully saturated rings. The second-order valence-corrected chi connectivity index (χ2v) is 16.6. The smallest absolute Gasteiger partial charge is 0.307 e. The molecule has 0 bridgehead atoms. The number of methoxy groups -OCH3 is 1. The fourth-order valence-corrected chi connectivity index (χ4v) is 8.08. The number of Topliss-reactive ketones (excluding diaryl/α,β-unsaturated/α-hetero) is 1. The number of nitrogens with zero attached hydrogens (tertiary/aromatic N) is 2. The maximum atomic E-state index is 14.4. The Hall–Kier alpha value is -3.84. The van der Waals surface area contributed by atoms with Crippen LogP contribution in [0.5, 0.6) is 5.88 Å². The highest BCUT2D eigenvalue weighted by Crippen LogP contribution is 2.57. The van der Waals surface area contributed by atoms with Crippen molar-refractivity contribution >= 4 is 44.4 Å². The average molecular weight is 712 g/mol. The Morgan fingerprint density at radius 3 is 2.54 bits per heavy atom. The van der Waals surface area contributed by atoms with Crippen LogP contribution in [-0.4, -0.2) is 84.6 Å². The Balaban J connectivity index is 1.43. The van der Waals surface area contributed by atoms with Crippen LogP contribution in [0.2, 0.25) is 0 Å². The van der Waals surface area contributed by atoms with Gasteiger partial charge in [-0.1, -0.05) is 30.7 Å². The summed E-state index contributed by atoms with van der Waals surface area (Å²) in [4.78, 5) is 61.2. The van der Waals surface area contributed by atoms with Crippen LogP contribution in [0.15, 0.2) is 43.1 Å². The van der Waals surface area contributed by atoms with Gasteiger partial charge in [-0.05, 0) is 76.8 Å². The zero-order chi connectivity index (χ0) is 36.6. The largest absolute Gasteiger partial charge is 0.472 e. The zero-order valence-corrected chi connectivity index (χ0v) is 30.6. The zero-order valence-electron chi connectivity index (χ0n) is 29.8. The van der Waals surface area contributed by atoms with E-state index in [1.54, 1.807) is 33.0 Å². The molecule has 12 nitrogen and oxygen atoms in total. The lowest BCUT2D eigenvalue weighted by Gasteiger charge is -2.31. The molecule has 1 aromatic heterocycles. The molecule has 2 aromatic rings. The van der Waals surface area contributed by atoms with Crippen molar-refractivity contribution in [2.24, 2.45) is 17.3 Å². The molecule has 1 aliphatic heterocycles. The molecule has 50 heavy (non-hydrogen) atoms. The van der Waals surface area contributed by atoms with Crippen LogP contribution in [0.4, 0.5) is 0 Å². The molecule has 0 unspecified atom stereocenters. The van der Waals surface area contributed by atoms with Crippen molar-refractivity contribution < 1.29 is 41.8 Å². The predicted molar refractivity (Wildman–Crippen MR) is 186 cm³/mol. The van der Waals surface area contributed by atoms with Gasteiger partial charge in [0.25, 0.3) is 0 Å². The number of nitrogens with one attached hydrogen (secondary N) is 1. The molecule has 1 aromatic carbocycles. The van der Waals surface area contributed by atoms with E-state index in [9.17, 15) is 27.6 Å². The van der Waals surface area contributed by atoms with Crippen LogP contribution < -0.4 is 9.46 Å². The van der Waals surface area contributed by atoms with Crippen molar-refractivity contribution in [1.29, 1.82) is 0 Å². The van der Waals surface area contributed by atoms with Gasteiger partial charge in [-0.15, -0.1) is 6.58 Å². The minimum absolute atomic E-state index is 0.0156. The highest BCUT2D eigenvalue weighted by Gasteiger charge is 2.61. The number of allylic oxidation sites excluding steroid dienone is 1.